The Balaban J connectivity index is 1.57. The van der Waals surface area contributed by atoms with Gasteiger partial charge >= 0.3 is 0 Å². The van der Waals surface area contributed by atoms with E-state index in [1.807, 2.05) is 6.92 Å². The van der Waals surface area contributed by atoms with E-state index in [1.54, 1.807) is 0 Å². The van der Waals surface area contributed by atoms with Gasteiger partial charge in [0, 0.05) is 25.0 Å². The molecule has 1 saturated heterocycles. The number of benzene rings is 1. The Morgan fingerprint density at radius 3 is 2.38 bits per heavy atom. The Labute approximate surface area is 145 Å². The molecule has 0 amide bonds. The fourth-order valence-electron chi connectivity index (χ4n) is 4.52. The number of aryl methyl sites for hydroxylation is 2. The standard InChI is InChI=1S/C20H31NO3/c1-4-24-19-12-18(23)20(19)5-7-21(8-6-20)13-17(22)16-10-14(2)9-15(3)11-16/h9-11,17-19,22-23H,4-8,12-13H2,1-3H3. The van der Waals surface area contributed by atoms with Crippen LogP contribution in [0.3, 0.4) is 0 Å². The third kappa shape index (κ3) is 3.38. The largest absolute Gasteiger partial charge is 0.392 e. The highest BCUT2D eigenvalue weighted by Gasteiger charge is 2.55. The first-order chi connectivity index (χ1) is 11.4. The molecule has 1 aliphatic heterocycles. The molecule has 1 saturated carbocycles. The van der Waals surface area contributed by atoms with E-state index in [4.69, 9.17) is 4.74 Å². The fraction of sp³-hybridized carbons (Fsp3) is 0.700. The molecule has 24 heavy (non-hydrogen) atoms. The first-order valence-corrected chi connectivity index (χ1v) is 9.23. The Morgan fingerprint density at radius 1 is 1.21 bits per heavy atom. The summed E-state index contributed by atoms with van der Waals surface area (Å²) in [5.41, 5.74) is 3.35. The van der Waals surface area contributed by atoms with Crippen LogP contribution in [-0.4, -0.2) is 53.6 Å². The van der Waals surface area contributed by atoms with Gasteiger partial charge in [0.15, 0.2) is 0 Å². The van der Waals surface area contributed by atoms with Crippen LogP contribution in [-0.2, 0) is 4.74 Å². The molecule has 2 aliphatic rings. The number of nitrogens with zero attached hydrogens (tertiary/aromatic N) is 1. The second-order valence-corrected chi connectivity index (χ2v) is 7.67. The monoisotopic (exact) mass is 333 g/mol. The average Bonchev–Trinajstić information content (AvgIpc) is 2.54. The van der Waals surface area contributed by atoms with Crippen LogP contribution in [0.2, 0.25) is 0 Å². The van der Waals surface area contributed by atoms with Crippen molar-refractivity contribution < 1.29 is 14.9 Å². The minimum absolute atomic E-state index is 0.0443. The predicted octanol–water partition coefficient (Wildman–Crippen LogP) is 2.59. The third-order valence-electron chi connectivity index (χ3n) is 5.96. The van der Waals surface area contributed by atoms with Gasteiger partial charge in [-0.25, -0.2) is 0 Å². The van der Waals surface area contributed by atoms with Crippen LogP contribution in [0.5, 0.6) is 0 Å². The Kier molecular flexibility index (Phi) is 5.30. The molecule has 0 bridgehead atoms. The van der Waals surface area contributed by atoms with Gasteiger partial charge < -0.3 is 19.8 Å². The summed E-state index contributed by atoms with van der Waals surface area (Å²) in [7, 11) is 0. The zero-order chi connectivity index (χ0) is 17.3. The smallest absolute Gasteiger partial charge is 0.0917 e. The van der Waals surface area contributed by atoms with Crippen LogP contribution < -0.4 is 0 Å². The molecule has 2 N–H and O–H groups in total. The van der Waals surface area contributed by atoms with Crippen molar-refractivity contribution in [3.8, 4) is 0 Å². The molecule has 4 heteroatoms. The molecule has 1 spiro atoms. The molecule has 1 aromatic carbocycles. The molecular formula is C20H31NO3. The predicted molar refractivity (Wildman–Crippen MR) is 95.0 cm³/mol. The number of β-amino-alcohol motifs (C(OH)–C–C–N with tert-alkyl or cyclic N) is 1. The van der Waals surface area contributed by atoms with Gasteiger partial charge in [-0.05, 0) is 52.3 Å². The second kappa shape index (κ2) is 7.12. The van der Waals surface area contributed by atoms with Crippen molar-refractivity contribution >= 4 is 0 Å². The Hall–Kier alpha value is -0.940. The summed E-state index contributed by atoms with van der Waals surface area (Å²) < 4.78 is 5.83. The number of aliphatic hydroxyl groups is 2. The molecule has 0 aromatic heterocycles. The van der Waals surface area contributed by atoms with Crippen molar-refractivity contribution in [2.75, 3.05) is 26.2 Å². The highest BCUT2D eigenvalue weighted by atomic mass is 16.5. The molecule has 1 aliphatic carbocycles. The molecular weight excluding hydrogens is 302 g/mol. The number of hydrogen-bond acceptors (Lipinski definition) is 4. The van der Waals surface area contributed by atoms with Crippen LogP contribution in [0.15, 0.2) is 18.2 Å². The van der Waals surface area contributed by atoms with Crippen molar-refractivity contribution in [3.63, 3.8) is 0 Å². The summed E-state index contributed by atoms with van der Waals surface area (Å²) in [6.07, 6.45) is 2.23. The molecule has 3 rings (SSSR count). The van der Waals surface area contributed by atoms with Gasteiger partial charge in [-0.15, -0.1) is 0 Å². The summed E-state index contributed by atoms with van der Waals surface area (Å²) in [5, 5.41) is 20.9. The molecule has 1 heterocycles. The van der Waals surface area contributed by atoms with Crippen molar-refractivity contribution in [3.05, 3.63) is 34.9 Å². The maximum absolute atomic E-state index is 10.6. The van der Waals surface area contributed by atoms with Crippen LogP contribution in [0.4, 0.5) is 0 Å². The van der Waals surface area contributed by atoms with E-state index in [2.05, 4.69) is 36.9 Å². The quantitative estimate of drug-likeness (QED) is 0.870. The molecule has 3 atom stereocenters. The maximum atomic E-state index is 10.6. The van der Waals surface area contributed by atoms with Gasteiger partial charge in [0.2, 0.25) is 0 Å². The van der Waals surface area contributed by atoms with E-state index in [1.165, 1.54) is 11.1 Å². The number of hydrogen-bond donors (Lipinski definition) is 2. The van der Waals surface area contributed by atoms with Gasteiger partial charge in [-0.2, -0.15) is 0 Å². The summed E-state index contributed by atoms with van der Waals surface area (Å²) in [6.45, 7) is 9.38. The van der Waals surface area contributed by atoms with E-state index >= 15 is 0 Å². The zero-order valence-electron chi connectivity index (χ0n) is 15.2. The minimum atomic E-state index is -0.452. The van der Waals surface area contributed by atoms with Crippen molar-refractivity contribution in [2.45, 2.75) is 58.3 Å². The Bertz CT molecular complexity index is 544. The van der Waals surface area contributed by atoms with Gasteiger partial charge in [0.1, 0.15) is 0 Å². The number of likely N-dealkylation sites (tertiary alicyclic amines) is 1. The molecule has 134 valence electrons. The van der Waals surface area contributed by atoms with Crippen molar-refractivity contribution in [1.82, 2.24) is 4.90 Å². The molecule has 4 nitrogen and oxygen atoms in total. The van der Waals surface area contributed by atoms with Crippen LogP contribution >= 0.6 is 0 Å². The third-order valence-corrected chi connectivity index (χ3v) is 5.96. The van der Waals surface area contributed by atoms with Gasteiger partial charge in [0.05, 0.1) is 18.3 Å². The lowest BCUT2D eigenvalue weighted by Gasteiger charge is -2.56. The number of piperidine rings is 1. The van der Waals surface area contributed by atoms with Gasteiger partial charge in [-0.3, -0.25) is 0 Å². The average molecular weight is 333 g/mol. The minimum Gasteiger partial charge on any atom is -0.392 e. The first kappa shape index (κ1) is 17.9. The lowest BCUT2D eigenvalue weighted by molar-refractivity contribution is -0.210. The SMILES string of the molecule is CCOC1CC(O)C12CCN(CC(O)c1cc(C)cc(C)c1)CC2. The normalized spacial score (nSPS) is 27.9. The summed E-state index contributed by atoms with van der Waals surface area (Å²) >= 11 is 0. The van der Waals surface area contributed by atoms with E-state index in [0.29, 0.717) is 13.2 Å². The van der Waals surface area contributed by atoms with Gasteiger partial charge in [-0.1, -0.05) is 29.3 Å². The summed E-state index contributed by atoms with van der Waals surface area (Å²) in [5.74, 6) is 0. The number of rotatable bonds is 5. The fourth-order valence-corrected chi connectivity index (χ4v) is 4.52. The zero-order valence-corrected chi connectivity index (χ0v) is 15.2. The maximum Gasteiger partial charge on any atom is 0.0917 e. The second-order valence-electron chi connectivity index (χ2n) is 7.67. The molecule has 1 aromatic rings. The summed E-state index contributed by atoms with van der Waals surface area (Å²) in [6, 6.07) is 6.28. The lowest BCUT2D eigenvalue weighted by atomic mass is 9.58. The van der Waals surface area contributed by atoms with Crippen LogP contribution in [0.1, 0.15) is 49.0 Å². The van der Waals surface area contributed by atoms with E-state index in [0.717, 1.165) is 37.9 Å². The number of ether oxygens (including phenoxy) is 1. The Morgan fingerprint density at radius 2 is 1.83 bits per heavy atom. The summed E-state index contributed by atoms with van der Waals surface area (Å²) in [4.78, 5) is 2.32. The van der Waals surface area contributed by atoms with E-state index in [-0.39, 0.29) is 17.6 Å². The van der Waals surface area contributed by atoms with Crippen molar-refractivity contribution in [1.29, 1.82) is 0 Å². The molecule has 2 fully saturated rings. The van der Waals surface area contributed by atoms with E-state index in [9.17, 15) is 10.2 Å². The highest BCUT2D eigenvalue weighted by molar-refractivity contribution is 5.30. The highest BCUT2D eigenvalue weighted by Crippen LogP contribution is 2.51. The lowest BCUT2D eigenvalue weighted by Crippen LogP contribution is -2.62. The molecule has 3 unspecified atom stereocenters. The van der Waals surface area contributed by atoms with E-state index < -0.39 is 6.10 Å². The first-order valence-electron chi connectivity index (χ1n) is 9.23. The molecule has 0 radical (unpaired) electrons. The van der Waals surface area contributed by atoms with Crippen molar-refractivity contribution in [2.24, 2.45) is 5.41 Å². The topological polar surface area (TPSA) is 52.9 Å². The van der Waals surface area contributed by atoms with Crippen LogP contribution in [0, 0.1) is 19.3 Å². The number of aliphatic hydroxyl groups excluding tert-OH is 2. The van der Waals surface area contributed by atoms with Gasteiger partial charge in [0.25, 0.3) is 0 Å². The van der Waals surface area contributed by atoms with Crippen LogP contribution in [0.25, 0.3) is 0 Å².